The highest BCUT2D eigenvalue weighted by molar-refractivity contribution is 6.28. The van der Waals surface area contributed by atoms with E-state index in [0.29, 0.717) is 5.56 Å². The number of carbonyl (C=O) groups is 1. The lowest BCUT2D eigenvalue weighted by Crippen LogP contribution is -1.99. The fourth-order valence-electron chi connectivity index (χ4n) is 4.08. The predicted octanol–water partition coefficient (Wildman–Crippen LogP) is 6.51. The number of fused-ring (bicyclic) bond motifs is 6. The molecule has 0 unspecified atom stereocenters. The predicted molar refractivity (Wildman–Crippen MR) is 111 cm³/mol. The van der Waals surface area contributed by atoms with Crippen molar-refractivity contribution in [3.63, 3.8) is 0 Å². The molecule has 0 fully saturated rings. The van der Waals surface area contributed by atoms with Crippen LogP contribution in [0.15, 0.2) is 91.0 Å². The average molecular weight is 348 g/mol. The minimum Gasteiger partial charge on any atom is -0.478 e. The van der Waals surface area contributed by atoms with Crippen LogP contribution in [-0.2, 0) is 0 Å². The molecule has 27 heavy (non-hydrogen) atoms. The van der Waals surface area contributed by atoms with Gasteiger partial charge in [-0.1, -0.05) is 84.9 Å². The topological polar surface area (TPSA) is 37.3 Å². The van der Waals surface area contributed by atoms with Crippen molar-refractivity contribution in [1.82, 2.24) is 0 Å². The van der Waals surface area contributed by atoms with Crippen LogP contribution in [0.4, 0.5) is 0 Å². The summed E-state index contributed by atoms with van der Waals surface area (Å²) in [5.41, 5.74) is 2.02. The van der Waals surface area contributed by atoms with Gasteiger partial charge in [0, 0.05) is 0 Å². The molecule has 0 saturated heterocycles. The Morgan fingerprint density at radius 1 is 0.519 bits per heavy atom. The molecule has 2 heteroatoms. The first-order valence-corrected chi connectivity index (χ1v) is 8.90. The van der Waals surface area contributed by atoms with Gasteiger partial charge in [-0.25, -0.2) is 4.79 Å². The Morgan fingerprint density at radius 2 is 0.963 bits per heavy atom. The molecular weight excluding hydrogens is 332 g/mol. The summed E-state index contributed by atoms with van der Waals surface area (Å²) in [5.74, 6) is -0.910. The summed E-state index contributed by atoms with van der Waals surface area (Å²) in [6.07, 6.45) is 0. The second-order valence-electron chi connectivity index (χ2n) is 6.67. The van der Waals surface area contributed by atoms with Gasteiger partial charge in [0.1, 0.15) is 0 Å². The van der Waals surface area contributed by atoms with Crippen molar-refractivity contribution in [3.8, 4) is 11.1 Å². The van der Waals surface area contributed by atoms with Crippen LogP contribution in [0.3, 0.4) is 0 Å². The Morgan fingerprint density at radius 3 is 1.59 bits per heavy atom. The summed E-state index contributed by atoms with van der Waals surface area (Å²) >= 11 is 0. The SMILES string of the molecule is O=C(O)c1ccccc1-c1cccc2c3ccccc3c3ccccc3c12. The smallest absolute Gasteiger partial charge is 0.336 e. The fourth-order valence-corrected chi connectivity index (χ4v) is 4.08. The molecule has 0 aliphatic rings. The lowest BCUT2D eigenvalue weighted by molar-refractivity contribution is 0.0697. The van der Waals surface area contributed by atoms with E-state index in [4.69, 9.17) is 0 Å². The van der Waals surface area contributed by atoms with Gasteiger partial charge >= 0.3 is 5.97 Å². The van der Waals surface area contributed by atoms with E-state index in [1.807, 2.05) is 30.3 Å². The van der Waals surface area contributed by atoms with E-state index in [1.165, 1.54) is 16.2 Å². The van der Waals surface area contributed by atoms with E-state index in [9.17, 15) is 9.90 Å². The van der Waals surface area contributed by atoms with Gasteiger partial charge in [0.25, 0.3) is 0 Å². The van der Waals surface area contributed by atoms with Crippen molar-refractivity contribution in [2.45, 2.75) is 0 Å². The number of aromatic carboxylic acids is 1. The van der Waals surface area contributed by atoms with Crippen LogP contribution in [0.2, 0.25) is 0 Å². The maximum Gasteiger partial charge on any atom is 0.336 e. The molecule has 0 aliphatic carbocycles. The van der Waals surface area contributed by atoms with Gasteiger partial charge in [0.2, 0.25) is 0 Å². The molecule has 0 aromatic heterocycles. The Labute approximate surface area is 156 Å². The summed E-state index contributed by atoms with van der Waals surface area (Å²) in [6.45, 7) is 0. The summed E-state index contributed by atoms with van der Waals surface area (Å²) in [7, 11) is 0. The van der Waals surface area contributed by atoms with Crippen molar-refractivity contribution in [3.05, 3.63) is 96.6 Å². The highest BCUT2D eigenvalue weighted by atomic mass is 16.4. The molecule has 128 valence electrons. The molecule has 0 heterocycles. The number of carboxylic acids is 1. The third-order valence-corrected chi connectivity index (χ3v) is 5.22. The van der Waals surface area contributed by atoms with Crippen LogP contribution in [0, 0.1) is 0 Å². The van der Waals surface area contributed by atoms with Crippen molar-refractivity contribution >= 4 is 38.3 Å². The first-order chi connectivity index (χ1) is 13.3. The Bertz CT molecular complexity index is 1300. The van der Waals surface area contributed by atoms with E-state index < -0.39 is 5.97 Å². The Hall–Kier alpha value is -3.65. The second kappa shape index (κ2) is 5.96. The quantitative estimate of drug-likeness (QED) is 0.369. The number of carboxylic acid groups (broad SMARTS) is 1. The van der Waals surface area contributed by atoms with Crippen LogP contribution >= 0.6 is 0 Å². The van der Waals surface area contributed by atoms with Gasteiger partial charge in [0.15, 0.2) is 0 Å². The van der Waals surface area contributed by atoms with Crippen LogP contribution in [0.25, 0.3) is 43.4 Å². The largest absolute Gasteiger partial charge is 0.478 e. The normalized spacial score (nSPS) is 11.3. The first-order valence-electron chi connectivity index (χ1n) is 8.90. The van der Waals surface area contributed by atoms with Gasteiger partial charge in [0.05, 0.1) is 5.56 Å². The maximum atomic E-state index is 11.8. The average Bonchev–Trinajstić information content (AvgIpc) is 2.73. The van der Waals surface area contributed by atoms with Gasteiger partial charge in [-0.3, -0.25) is 0 Å². The van der Waals surface area contributed by atoms with Gasteiger partial charge in [-0.05, 0) is 49.5 Å². The van der Waals surface area contributed by atoms with E-state index in [-0.39, 0.29) is 0 Å². The summed E-state index contributed by atoms with van der Waals surface area (Å²) in [5, 5.41) is 16.6. The number of hydrogen-bond donors (Lipinski definition) is 1. The summed E-state index contributed by atoms with van der Waals surface area (Å²) in [4.78, 5) is 11.8. The third kappa shape index (κ3) is 2.31. The molecule has 0 atom stereocenters. The molecular formula is C25H16O2. The molecule has 0 amide bonds. The van der Waals surface area contributed by atoms with Gasteiger partial charge in [-0.2, -0.15) is 0 Å². The second-order valence-corrected chi connectivity index (χ2v) is 6.67. The van der Waals surface area contributed by atoms with Crippen LogP contribution in [-0.4, -0.2) is 11.1 Å². The first kappa shape index (κ1) is 15.6. The van der Waals surface area contributed by atoms with Gasteiger partial charge < -0.3 is 5.11 Å². The maximum absolute atomic E-state index is 11.8. The Balaban J connectivity index is 2.05. The third-order valence-electron chi connectivity index (χ3n) is 5.22. The van der Waals surface area contributed by atoms with Crippen molar-refractivity contribution in [1.29, 1.82) is 0 Å². The van der Waals surface area contributed by atoms with E-state index in [2.05, 4.69) is 48.5 Å². The number of benzene rings is 5. The van der Waals surface area contributed by atoms with Crippen LogP contribution in [0.1, 0.15) is 10.4 Å². The van der Waals surface area contributed by atoms with E-state index in [1.54, 1.807) is 12.1 Å². The van der Waals surface area contributed by atoms with Crippen LogP contribution in [0.5, 0.6) is 0 Å². The van der Waals surface area contributed by atoms with Crippen molar-refractivity contribution in [2.24, 2.45) is 0 Å². The zero-order chi connectivity index (χ0) is 18.4. The molecule has 1 N–H and O–H groups in total. The van der Waals surface area contributed by atoms with E-state index in [0.717, 1.165) is 27.3 Å². The highest BCUT2D eigenvalue weighted by Gasteiger charge is 2.16. The molecule has 0 aliphatic heterocycles. The molecule has 5 aromatic carbocycles. The molecule has 0 spiro atoms. The zero-order valence-electron chi connectivity index (χ0n) is 14.5. The standard InChI is InChI=1S/C25H16O2/c26-25(27)23-13-6-4-11-19(23)22-15-7-14-21-18-9-2-1-8-16(18)17-10-3-5-12-20(17)24(21)22/h1-15H,(H,26,27). The minimum absolute atomic E-state index is 0.322. The van der Waals surface area contributed by atoms with Crippen molar-refractivity contribution < 1.29 is 9.90 Å². The van der Waals surface area contributed by atoms with Crippen LogP contribution < -0.4 is 0 Å². The summed E-state index contributed by atoms with van der Waals surface area (Å²) < 4.78 is 0. The molecule has 0 saturated carbocycles. The Kier molecular flexibility index (Phi) is 3.44. The molecule has 0 bridgehead atoms. The lowest BCUT2D eigenvalue weighted by atomic mass is 9.88. The summed E-state index contributed by atoms with van der Waals surface area (Å²) in [6, 6.07) is 30.1. The molecule has 0 radical (unpaired) electrons. The van der Waals surface area contributed by atoms with E-state index >= 15 is 0 Å². The minimum atomic E-state index is -0.910. The molecule has 5 rings (SSSR count). The molecule has 5 aromatic rings. The number of hydrogen-bond acceptors (Lipinski definition) is 1. The monoisotopic (exact) mass is 348 g/mol. The highest BCUT2D eigenvalue weighted by Crippen LogP contribution is 2.40. The van der Waals surface area contributed by atoms with Crippen molar-refractivity contribution in [2.75, 3.05) is 0 Å². The fraction of sp³-hybridized carbons (Fsp3) is 0. The zero-order valence-corrected chi connectivity index (χ0v) is 14.5. The number of rotatable bonds is 2. The molecule has 2 nitrogen and oxygen atoms in total. The van der Waals surface area contributed by atoms with Gasteiger partial charge in [-0.15, -0.1) is 0 Å². The lowest BCUT2D eigenvalue weighted by Gasteiger charge is -2.15.